The van der Waals surface area contributed by atoms with E-state index in [-0.39, 0.29) is 12.5 Å². The SMILES string of the molecule is CS(=O)(=O)OC(C(=O)OCc1ccccc1)C1CCNCC1. The van der Waals surface area contributed by atoms with Crippen molar-refractivity contribution >= 4 is 16.1 Å². The summed E-state index contributed by atoms with van der Waals surface area (Å²) in [6, 6.07) is 9.24. The van der Waals surface area contributed by atoms with Crippen LogP contribution in [0.2, 0.25) is 0 Å². The van der Waals surface area contributed by atoms with E-state index in [0.29, 0.717) is 12.8 Å². The van der Waals surface area contributed by atoms with Crippen molar-refractivity contribution in [2.45, 2.75) is 25.6 Å². The van der Waals surface area contributed by atoms with Gasteiger partial charge < -0.3 is 10.1 Å². The van der Waals surface area contributed by atoms with Crippen LogP contribution < -0.4 is 5.32 Å². The number of carbonyl (C=O) groups excluding carboxylic acids is 1. The van der Waals surface area contributed by atoms with Crippen molar-refractivity contribution in [3.8, 4) is 0 Å². The molecule has 1 aromatic carbocycles. The molecule has 2 rings (SSSR count). The normalized spacial score (nSPS) is 17.9. The molecule has 1 heterocycles. The van der Waals surface area contributed by atoms with Gasteiger partial charge in [0.15, 0.2) is 6.10 Å². The number of esters is 1. The highest BCUT2D eigenvalue weighted by atomic mass is 32.2. The molecule has 0 aliphatic carbocycles. The van der Waals surface area contributed by atoms with Crippen LogP contribution in [0.5, 0.6) is 0 Å². The Morgan fingerprint density at radius 1 is 1.27 bits per heavy atom. The molecule has 0 radical (unpaired) electrons. The molecule has 0 spiro atoms. The predicted octanol–water partition coefficient (Wildman–Crippen LogP) is 1.07. The molecule has 0 bridgehead atoms. The Morgan fingerprint density at radius 3 is 2.50 bits per heavy atom. The van der Waals surface area contributed by atoms with Gasteiger partial charge >= 0.3 is 5.97 Å². The Morgan fingerprint density at radius 2 is 1.91 bits per heavy atom. The van der Waals surface area contributed by atoms with E-state index in [1.165, 1.54) is 0 Å². The van der Waals surface area contributed by atoms with Gasteiger partial charge in [-0.2, -0.15) is 8.42 Å². The minimum atomic E-state index is -3.72. The van der Waals surface area contributed by atoms with Crippen molar-refractivity contribution in [1.82, 2.24) is 5.32 Å². The number of hydrogen-bond acceptors (Lipinski definition) is 6. The molecule has 1 fully saturated rings. The molecule has 0 aromatic heterocycles. The number of carbonyl (C=O) groups is 1. The summed E-state index contributed by atoms with van der Waals surface area (Å²) in [5.41, 5.74) is 0.847. The topological polar surface area (TPSA) is 81.7 Å². The summed E-state index contributed by atoms with van der Waals surface area (Å²) in [4.78, 5) is 12.3. The zero-order valence-electron chi connectivity index (χ0n) is 12.5. The highest BCUT2D eigenvalue weighted by molar-refractivity contribution is 7.86. The van der Waals surface area contributed by atoms with Crippen LogP contribution in [0.25, 0.3) is 0 Å². The third kappa shape index (κ3) is 5.40. The fraction of sp³-hybridized carbons (Fsp3) is 0.533. The van der Waals surface area contributed by atoms with E-state index in [9.17, 15) is 13.2 Å². The van der Waals surface area contributed by atoms with Gasteiger partial charge in [0.2, 0.25) is 0 Å². The van der Waals surface area contributed by atoms with Gasteiger partial charge in [0.05, 0.1) is 6.26 Å². The first-order valence-electron chi connectivity index (χ1n) is 7.25. The van der Waals surface area contributed by atoms with Crippen molar-refractivity contribution in [1.29, 1.82) is 0 Å². The average molecular weight is 327 g/mol. The standard InChI is InChI=1S/C15H21NO5S/c1-22(18,19)21-14(13-7-9-16-10-8-13)15(17)20-11-12-5-3-2-4-6-12/h2-6,13-14,16H,7-11H2,1H3. The molecule has 1 atom stereocenters. The van der Waals surface area contributed by atoms with Crippen LogP contribution in [0.3, 0.4) is 0 Å². The monoisotopic (exact) mass is 327 g/mol. The number of nitrogens with one attached hydrogen (secondary N) is 1. The second-order valence-corrected chi connectivity index (χ2v) is 7.00. The van der Waals surface area contributed by atoms with Crippen LogP contribution in [0.1, 0.15) is 18.4 Å². The van der Waals surface area contributed by atoms with Crippen LogP contribution in [-0.2, 0) is 30.4 Å². The van der Waals surface area contributed by atoms with E-state index < -0.39 is 22.2 Å². The van der Waals surface area contributed by atoms with E-state index in [1.807, 2.05) is 30.3 Å². The van der Waals surface area contributed by atoms with Crippen molar-refractivity contribution in [3.63, 3.8) is 0 Å². The summed E-state index contributed by atoms with van der Waals surface area (Å²) in [6.45, 7) is 1.58. The fourth-order valence-corrected chi connectivity index (χ4v) is 3.07. The first-order valence-corrected chi connectivity index (χ1v) is 9.07. The van der Waals surface area contributed by atoms with Gasteiger partial charge in [-0.15, -0.1) is 0 Å². The van der Waals surface area contributed by atoms with E-state index in [0.717, 1.165) is 24.9 Å². The van der Waals surface area contributed by atoms with Gasteiger partial charge in [-0.3, -0.25) is 4.18 Å². The molecule has 1 unspecified atom stereocenters. The van der Waals surface area contributed by atoms with Gasteiger partial charge in [-0.05, 0) is 37.4 Å². The van der Waals surface area contributed by atoms with Crippen molar-refractivity contribution in [2.24, 2.45) is 5.92 Å². The average Bonchev–Trinajstić information content (AvgIpc) is 2.51. The third-order valence-corrected chi connectivity index (χ3v) is 4.10. The molecule has 6 nitrogen and oxygen atoms in total. The summed E-state index contributed by atoms with van der Waals surface area (Å²) in [6.07, 6.45) is 1.24. The molecule has 1 aromatic rings. The minimum absolute atomic E-state index is 0.105. The summed E-state index contributed by atoms with van der Waals surface area (Å²) in [7, 11) is -3.72. The zero-order valence-corrected chi connectivity index (χ0v) is 13.3. The highest BCUT2D eigenvalue weighted by Crippen LogP contribution is 2.22. The molecule has 0 amide bonds. The Hall–Kier alpha value is -1.44. The predicted molar refractivity (Wildman–Crippen MR) is 81.5 cm³/mol. The highest BCUT2D eigenvalue weighted by Gasteiger charge is 2.34. The van der Waals surface area contributed by atoms with Crippen LogP contribution in [0.15, 0.2) is 30.3 Å². The molecule has 22 heavy (non-hydrogen) atoms. The van der Waals surface area contributed by atoms with E-state index in [2.05, 4.69) is 5.32 Å². The van der Waals surface area contributed by atoms with Gasteiger partial charge in [-0.1, -0.05) is 30.3 Å². The maximum Gasteiger partial charge on any atom is 0.337 e. The molecule has 1 N–H and O–H groups in total. The zero-order chi connectivity index (χ0) is 16.0. The van der Waals surface area contributed by atoms with Crippen LogP contribution in [0, 0.1) is 5.92 Å². The molecule has 0 saturated carbocycles. The Labute approximate surface area is 130 Å². The molecular formula is C15H21NO5S. The molecule has 122 valence electrons. The fourth-order valence-electron chi connectivity index (χ4n) is 2.46. The molecule has 1 saturated heterocycles. The van der Waals surface area contributed by atoms with E-state index in [4.69, 9.17) is 8.92 Å². The van der Waals surface area contributed by atoms with Gasteiger partial charge in [0, 0.05) is 0 Å². The summed E-state index contributed by atoms with van der Waals surface area (Å²) in [5.74, 6) is -0.777. The maximum absolute atomic E-state index is 12.3. The molecule has 1 aliphatic rings. The van der Waals surface area contributed by atoms with E-state index >= 15 is 0 Å². The number of hydrogen-bond donors (Lipinski definition) is 1. The van der Waals surface area contributed by atoms with E-state index in [1.54, 1.807) is 0 Å². The maximum atomic E-state index is 12.3. The summed E-state index contributed by atoms with van der Waals surface area (Å²) in [5, 5.41) is 3.17. The quantitative estimate of drug-likeness (QED) is 0.622. The molecule has 1 aliphatic heterocycles. The third-order valence-electron chi connectivity index (χ3n) is 3.55. The first-order chi connectivity index (χ1) is 10.5. The second kappa shape index (κ2) is 7.71. The first kappa shape index (κ1) is 16.9. The largest absolute Gasteiger partial charge is 0.459 e. The number of piperidine rings is 1. The number of ether oxygens (including phenoxy) is 1. The number of rotatable bonds is 6. The number of benzene rings is 1. The summed E-state index contributed by atoms with van der Waals surface area (Å²) >= 11 is 0. The Kier molecular flexibility index (Phi) is 5.93. The second-order valence-electron chi connectivity index (χ2n) is 5.40. The molecular weight excluding hydrogens is 306 g/mol. The smallest absolute Gasteiger partial charge is 0.337 e. The van der Waals surface area contributed by atoms with Gasteiger partial charge in [0.25, 0.3) is 10.1 Å². The lowest BCUT2D eigenvalue weighted by Crippen LogP contribution is -2.41. The van der Waals surface area contributed by atoms with Crippen molar-refractivity contribution in [2.75, 3.05) is 19.3 Å². The Balaban J connectivity index is 2.01. The summed E-state index contributed by atoms with van der Waals surface area (Å²) < 4.78 is 33.1. The van der Waals surface area contributed by atoms with Crippen LogP contribution in [0.4, 0.5) is 0 Å². The lowest BCUT2D eigenvalue weighted by atomic mass is 9.92. The lowest BCUT2D eigenvalue weighted by molar-refractivity contribution is -0.156. The minimum Gasteiger partial charge on any atom is -0.459 e. The van der Waals surface area contributed by atoms with Gasteiger partial charge in [-0.25, -0.2) is 4.79 Å². The van der Waals surface area contributed by atoms with Crippen LogP contribution in [-0.4, -0.2) is 39.8 Å². The Bertz CT molecular complexity index is 581. The van der Waals surface area contributed by atoms with Crippen molar-refractivity contribution in [3.05, 3.63) is 35.9 Å². The molecule has 7 heteroatoms. The van der Waals surface area contributed by atoms with Crippen molar-refractivity contribution < 1.29 is 22.1 Å². The lowest BCUT2D eigenvalue weighted by Gasteiger charge is -2.28. The van der Waals surface area contributed by atoms with Crippen LogP contribution >= 0.6 is 0 Å². The van der Waals surface area contributed by atoms with Gasteiger partial charge in [0.1, 0.15) is 6.61 Å².